The van der Waals surface area contributed by atoms with Gasteiger partial charge in [0.05, 0.1) is 17.4 Å². The lowest BCUT2D eigenvalue weighted by Gasteiger charge is -2.27. The van der Waals surface area contributed by atoms with E-state index in [2.05, 4.69) is 39.2 Å². The predicted octanol–water partition coefficient (Wildman–Crippen LogP) is 16.7. The maximum atomic E-state index is 13.5. The van der Waals surface area contributed by atoms with Crippen LogP contribution in [0.1, 0.15) is 293 Å². The highest BCUT2D eigenvalue weighted by atomic mass is 16.6. The Hall–Kier alpha value is -2.42. The van der Waals surface area contributed by atoms with Crippen LogP contribution in [0.25, 0.3) is 0 Å². The van der Waals surface area contributed by atoms with Crippen molar-refractivity contribution in [3.8, 4) is 0 Å². The van der Waals surface area contributed by atoms with Crippen LogP contribution in [0.3, 0.4) is 0 Å². The smallest absolute Gasteiger partial charge is 0.330 e. The topological polar surface area (TPSA) is 108 Å². The number of hydrogen-bond donors (Lipinski definition) is 0. The summed E-state index contributed by atoms with van der Waals surface area (Å²) in [7, 11) is 0. The standard InChI is InChI=1S/C60H111NO8/c1-10-15-19-23-27-35-43-52(44-36-28-24-20-16-11-2)69-58(65)60(8,9)46-38-30-32-40-48-66-56(63)54-49-53(67-55(62)14-5)50-61(54)47-39-31-29-37-45-59(6,7)57(64)68-51(41-33-25-21-17-12-3)42-34-26-22-18-13-4/h14,51-54H,5,10-13,15-50H2,1-4,6-9H3/t53-,54-/m0/s1. The molecule has 404 valence electrons. The lowest BCUT2D eigenvalue weighted by molar-refractivity contribution is -0.161. The normalized spacial score (nSPS) is 15.5. The third kappa shape index (κ3) is 32.3. The molecule has 9 nitrogen and oxygen atoms in total. The molecule has 0 spiro atoms. The van der Waals surface area contributed by atoms with E-state index in [-0.39, 0.29) is 36.2 Å². The van der Waals surface area contributed by atoms with E-state index in [1.165, 1.54) is 122 Å². The number of carbonyl (C=O) groups is 4. The molecule has 1 fully saturated rings. The summed E-state index contributed by atoms with van der Waals surface area (Å²) in [4.78, 5) is 54.6. The molecule has 9 heteroatoms. The van der Waals surface area contributed by atoms with Gasteiger partial charge >= 0.3 is 23.9 Å². The van der Waals surface area contributed by atoms with Crippen LogP contribution < -0.4 is 0 Å². The molecule has 0 aromatic heterocycles. The van der Waals surface area contributed by atoms with Crippen molar-refractivity contribution in [3.05, 3.63) is 12.7 Å². The minimum atomic E-state index is -0.529. The molecule has 1 saturated heterocycles. The molecule has 0 amide bonds. The molecule has 0 saturated carbocycles. The molecule has 1 rings (SSSR count). The number of esters is 4. The van der Waals surface area contributed by atoms with E-state index in [1.54, 1.807) is 0 Å². The van der Waals surface area contributed by atoms with Gasteiger partial charge in [-0.25, -0.2) is 4.79 Å². The van der Waals surface area contributed by atoms with Gasteiger partial charge in [-0.05, 0) is 111 Å². The molecular formula is C60H111NO8. The number of carbonyl (C=O) groups excluding carboxylic acids is 4. The van der Waals surface area contributed by atoms with Crippen molar-refractivity contribution in [2.45, 2.75) is 317 Å². The Balaban J connectivity index is 2.56. The minimum Gasteiger partial charge on any atom is -0.465 e. The molecule has 1 heterocycles. The molecule has 0 unspecified atom stereocenters. The van der Waals surface area contributed by atoms with Crippen molar-refractivity contribution in [3.63, 3.8) is 0 Å². The first-order chi connectivity index (χ1) is 33.2. The average Bonchev–Trinajstić information content (AvgIpc) is 3.73. The van der Waals surface area contributed by atoms with Crippen molar-refractivity contribution in [2.24, 2.45) is 10.8 Å². The average molecular weight is 975 g/mol. The Bertz CT molecular complexity index is 1280. The second kappa shape index (κ2) is 41.1. The quantitative estimate of drug-likeness (QED) is 0.0255. The fourth-order valence-corrected chi connectivity index (χ4v) is 9.78. The van der Waals surface area contributed by atoms with E-state index in [1.807, 2.05) is 27.7 Å². The van der Waals surface area contributed by atoms with E-state index >= 15 is 0 Å². The summed E-state index contributed by atoms with van der Waals surface area (Å²) in [6.07, 6.45) is 41.2. The van der Waals surface area contributed by atoms with E-state index in [9.17, 15) is 19.2 Å². The fourth-order valence-electron chi connectivity index (χ4n) is 9.78. The van der Waals surface area contributed by atoms with Gasteiger partial charge in [-0.2, -0.15) is 0 Å². The Morgan fingerprint density at radius 2 is 0.884 bits per heavy atom. The molecule has 0 aromatic rings. The molecule has 0 aliphatic carbocycles. The van der Waals surface area contributed by atoms with Gasteiger partial charge in [-0.1, -0.05) is 188 Å². The summed E-state index contributed by atoms with van der Waals surface area (Å²) in [6.45, 7) is 22.2. The molecule has 0 bridgehead atoms. The van der Waals surface area contributed by atoms with Crippen LogP contribution in [-0.4, -0.2) is 72.8 Å². The second-order valence-corrected chi connectivity index (χ2v) is 22.3. The van der Waals surface area contributed by atoms with Gasteiger partial charge in [0.2, 0.25) is 0 Å². The van der Waals surface area contributed by atoms with Crippen LogP contribution in [0, 0.1) is 10.8 Å². The van der Waals surface area contributed by atoms with Gasteiger partial charge in [-0.15, -0.1) is 0 Å². The first kappa shape index (κ1) is 64.6. The highest BCUT2D eigenvalue weighted by molar-refractivity contribution is 5.81. The maximum absolute atomic E-state index is 13.5. The van der Waals surface area contributed by atoms with Crippen molar-refractivity contribution >= 4 is 23.9 Å². The van der Waals surface area contributed by atoms with E-state index < -0.39 is 22.8 Å². The number of rotatable bonds is 47. The lowest BCUT2D eigenvalue weighted by atomic mass is 9.86. The van der Waals surface area contributed by atoms with Gasteiger partial charge in [-0.3, -0.25) is 19.3 Å². The first-order valence-electron chi connectivity index (χ1n) is 29.4. The highest BCUT2D eigenvalue weighted by Gasteiger charge is 2.39. The molecule has 2 atom stereocenters. The number of nitrogens with zero attached hydrogens (tertiary/aromatic N) is 1. The summed E-state index contributed by atoms with van der Waals surface area (Å²) in [5, 5.41) is 0. The van der Waals surface area contributed by atoms with E-state index in [4.69, 9.17) is 18.9 Å². The fraction of sp³-hybridized carbons (Fsp3) is 0.900. The van der Waals surface area contributed by atoms with Crippen molar-refractivity contribution in [2.75, 3.05) is 19.7 Å². The number of ether oxygens (including phenoxy) is 4. The zero-order valence-electron chi connectivity index (χ0n) is 46.6. The summed E-state index contributed by atoms with van der Waals surface area (Å²) >= 11 is 0. The van der Waals surface area contributed by atoms with Crippen LogP contribution in [0.5, 0.6) is 0 Å². The molecule has 0 aromatic carbocycles. The van der Waals surface area contributed by atoms with Crippen LogP contribution >= 0.6 is 0 Å². The van der Waals surface area contributed by atoms with Crippen molar-refractivity contribution in [1.82, 2.24) is 4.90 Å². The molecule has 69 heavy (non-hydrogen) atoms. The molecular weight excluding hydrogens is 863 g/mol. The Labute approximate surface area is 425 Å². The molecule has 0 N–H and O–H groups in total. The van der Waals surface area contributed by atoms with Crippen LogP contribution in [0.4, 0.5) is 0 Å². The highest BCUT2D eigenvalue weighted by Crippen LogP contribution is 2.31. The van der Waals surface area contributed by atoms with Gasteiger partial charge < -0.3 is 18.9 Å². The Morgan fingerprint density at radius 3 is 1.29 bits per heavy atom. The Kier molecular flexibility index (Phi) is 38.5. The third-order valence-corrected chi connectivity index (χ3v) is 14.7. The maximum Gasteiger partial charge on any atom is 0.330 e. The van der Waals surface area contributed by atoms with Crippen molar-refractivity contribution in [1.29, 1.82) is 0 Å². The largest absolute Gasteiger partial charge is 0.465 e. The number of hydrogen-bond acceptors (Lipinski definition) is 9. The van der Waals surface area contributed by atoms with Gasteiger partial charge in [0.25, 0.3) is 0 Å². The van der Waals surface area contributed by atoms with Gasteiger partial charge in [0.1, 0.15) is 24.4 Å². The Morgan fingerprint density at radius 1 is 0.522 bits per heavy atom. The van der Waals surface area contributed by atoms with E-state index in [0.717, 1.165) is 116 Å². The van der Waals surface area contributed by atoms with Gasteiger partial charge in [0, 0.05) is 19.0 Å². The summed E-state index contributed by atoms with van der Waals surface area (Å²) in [5.41, 5.74) is -1.05. The number of likely N-dealkylation sites (tertiary alicyclic amines) is 1. The SMILES string of the molecule is C=CC(=O)O[C@H]1C[C@@H](C(=O)OCCCCCCC(C)(C)C(=O)OC(CCCCCCCC)CCCCCCCC)N(CCCCCCC(C)(C)C(=O)OC(CCCCCCC)CCCCCCC)C1. The van der Waals surface area contributed by atoms with Crippen LogP contribution in [0.2, 0.25) is 0 Å². The summed E-state index contributed by atoms with van der Waals surface area (Å²) < 4.78 is 23.9. The second-order valence-electron chi connectivity index (χ2n) is 22.3. The van der Waals surface area contributed by atoms with Crippen LogP contribution in [-0.2, 0) is 38.1 Å². The van der Waals surface area contributed by atoms with E-state index in [0.29, 0.717) is 26.1 Å². The molecule has 0 radical (unpaired) electrons. The zero-order chi connectivity index (χ0) is 51.0. The van der Waals surface area contributed by atoms with Crippen molar-refractivity contribution < 1.29 is 38.1 Å². The minimum absolute atomic E-state index is 0.0210. The third-order valence-electron chi connectivity index (χ3n) is 14.7. The molecule has 1 aliphatic heterocycles. The molecule has 1 aliphatic rings. The first-order valence-corrected chi connectivity index (χ1v) is 29.4. The van der Waals surface area contributed by atoms with Crippen LogP contribution in [0.15, 0.2) is 12.7 Å². The zero-order valence-corrected chi connectivity index (χ0v) is 46.6. The monoisotopic (exact) mass is 974 g/mol. The lowest BCUT2D eigenvalue weighted by Crippen LogP contribution is -2.38. The summed E-state index contributed by atoms with van der Waals surface area (Å²) in [5.74, 6) is -0.853. The predicted molar refractivity (Wildman–Crippen MR) is 287 cm³/mol. The number of unbranched alkanes of at least 4 members (excludes halogenated alkanes) is 24. The van der Waals surface area contributed by atoms with Gasteiger partial charge in [0.15, 0.2) is 0 Å². The summed E-state index contributed by atoms with van der Waals surface area (Å²) in [6, 6.07) is -0.453.